The Hall–Kier alpha value is -2.26. The summed E-state index contributed by atoms with van der Waals surface area (Å²) in [5.74, 6) is 1.57. The molecule has 3 nitrogen and oxygen atoms in total. The van der Waals surface area contributed by atoms with E-state index in [-0.39, 0.29) is 12.4 Å². The highest BCUT2D eigenvalue weighted by Crippen LogP contribution is 2.38. The van der Waals surface area contributed by atoms with Crippen LogP contribution in [0.3, 0.4) is 0 Å². The van der Waals surface area contributed by atoms with Gasteiger partial charge in [0.05, 0.1) is 18.9 Å². The molecule has 0 aliphatic carbocycles. The first-order valence-electron chi connectivity index (χ1n) is 7.57. The Morgan fingerprint density at radius 2 is 1.57 bits per heavy atom. The van der Waals surface area contributed by atoms with Gasteiger partial charge in [0.15, 0.2) is 11.5 Å². The third-order valence-corrected chi connectivity index (χ3v) is 3.50. The molecule has 0 aliphatic heterocycles. The average Bonchev–Trinajstić information content (AvgIpc) is 2.57. The molecule has 23 heavy (non-hydrogen) atoms. The molecule has 120 valence electrons. The predicted octanol–water partition coefficient (Wildman–Crippen LogP) is 5.12. The van der Waals surface area contributed by atoms with Gasteiger partial charge in [-0.05, 0) is 32.0 Å². The second-order valence-corrected chi connectivity index (χ2v) is 4.88. The number of hydrogen-bond acceptors (Lipinski definition) is 3. The molecule has 0 N–H and O–H groups in total. The third-order valence-electron chi connectivity index (χ3n) is 3.50. The summed E-state index contributed by atoms with van der Waals surface area (Å²) >= 11 is 0. The van der Waals surface area contributed by atoms with Crippen LogP contribution in [0.4, 0.5) is 0 Å². The van der Waals surface area contributed by atoms with Crippen LogP contribution in [0.15, 0.2) is 54.7 Å². The van der Waals surface area contributed by atoms with Gasteiger partial charge in [0.2, 0.25) is 0 Å². The van der Waals surface area contributed by atoms with Crippen molar-refractivity contribution in [3.8, 4) is 22.8 Å². The number of halogens is 1. The maximum absolute atomic E-state index is 5.84. The van der Waals surface area contributed by atoms with Gasteiger partial charge in [-0.2, -0.15) is 0 Å². The number of fused-ring (bicyclic) bond motifs is 1. The Kier molecular flexibility index (Phi) is 5.83. The molecule has 0 amide bonds. The number of pyridine rings is 1. The quantitative estimate of drug-likeness (QED) is 0.651. The number of hydrogen-bond donors (Lipinski definition) is 0. The van der Waals surface area contributed by atoms with Gasteiger partial charge in [-0.15, -0.1) is 12.4 Å². The van der Waals surface area contributed by atoms with Crippen molar-refractivity contribution in [2.75, 3.05) is 13.2 Å². The van der Waals surface area contributed by atoms with Crippen LogP contribution >= 0.6 is 12.4 Å². The van der Waals surface area contributed by atoms with E-state index in [1.165, 1.54) is 0 Å². The van der Waals surface area contributed by atoms with E-state index in [0.717, 1.165) is 33.5 Å². The van der Waals surface area contributed by atoms with Gasteiger partial charge in [0.1, 0.15) is 0 Å². The van der Waals surface area contributed by atoms with Crippen molar-refractivity contribution in [1.82, 2.24) is 4.98 Å². The van der Waals surface area contributed by atoms with Crippen LogP contribution in [0, 0.1) is 0 Å². The molecule has 0 atom stereocenters. The molecule has 0 aliphatic rings. The topological polar surface area (TPSA) is 31.4 Å². The van der Waals surface area contributed by atoms with Crippen molar-refractivity contribution in [3.05, 3.63) is 54.7 Å². The van der Waals surface area contributed by atoms with Crippen LogP contribution < -0.4 is 9.47 Å². The Bertz CT molecular complexity index is 775. The summed E-state index contributed by atoms with van der Waals surface area (Å²) < 4.78 is 11.5. The Labute approximate surface area is 142 Å². The molecular weight excluding hydrogens is 310 g/mol. The SMILES string of the molecule is CCOc1ccc2c(-c3ccccc3)nccc2c1OCC.Cl. The summed E-state index contributed by atoms with van der Waals surface area (Å²) in [6.45, 7) is 5.17. The fourth-order valence-electron chi connectivity index (χ4n) is 2.60. The van der Waals surface area contributed by atoms with Crippen molar-refractivity contribution in [2.45, 2.75) is 13.8 Å². The number of rotatable bonds is 5. The van der Waals surface area contributed by atoms with Gasteiger partial charge in [0, 0.05) is 22.5 Å². The van der Waals surface area contributed by atoms with Crippen LogP contribution in [-0.2, 0) is 0 Å². The summed E-state index contributed by atoms with van der Waals surface area (Å²) in [5, 5.41) is 2.10. The molecule has 0 saturated carbocycles. The maximum Gasteiger partial charge on any atom is 0.169 e. The lowest BCUT2D eigenvalue weighted by Crippen LogP contribution is -1.99. The van der Waals surface area contributed by atoms with Crippen LogP contribution in [-0.4, -0.2) is 18.2 Å². The number of ether oxygens (including phenoxy) is 2. The molecule has 1 heterocycles. The average molecular weight is 330 g/mol. The minimum Gasteiger partial charge on any atom is -0.490 e. The standard InChI is InChI=1S/C19H19NO2.ClH/c1-3-21-17-11-10-15-16(19(17)22-4-2)12-13-20-18(15)14-8-6-5-7-9-14;/h5-13H,3-4H2,1-2H3;1H. The highest BCUT2D eigenvalue weighted by molar-refractivity contribution is 5.99. The van der Waals surface area contributed by atoms with Crippen LogP contribution in [0.5, 0.6) is 11.5 Å². The number of benzene rings is 2. The Balaban J connectivity index is 0.00000192. The van der Waals surface area contributed by atoms with Crippen molar-refractivity contribution >= 4 is 23.2 Å². The minimum absolute atomic E-state index is 0. The van der Waals surface area contributed by atoms with E-state index in [0.29, 0.717) is 13.2 Å². The summed E-state index contributed by atoms with van der Waals surface area (Å²) in [4.78, 5) is 4.56. The lowest BCUT2D eigenvalue weighted by molar-refractivity contribution is 0.291. The van der Waals surface area contributed by atoms with Crippen molar-refractivity contribution in [1.29, 1.82) is 0 Å². The van der Waals surface area contributed by atoms with Crippen LogP contribution in [0.2, 0.25) is 0 Å². The Morgan fingerprint density at radius 3 is 2.26 bits per heavy atom. The van der Waals surface area contributed by atoms with Crippen molar-refractivity contribution in [2.24, 2.45) is 0 Å². The minimum atomic E-state index is 0. The molecule has 0 unspecified atom stereocenters. The third kappa shape index (κ3) is 3.40. The molecule has 0 bridgehead atoms. The summed E-state index contributed by atoms with van der Waals surface area (Å²) in [7, 11) is 0. The smallest absolute Gasteiger partial charge is 0.169 e. The molecule has 3 aromatic rings. The molecule has 0 fully saturated rings. The van der Waals surface area contributed by atoms with E-state index >= 15 is 0 Å². The van der Waals surface area contributed by atoms with Gasteiger partial charge in [0.25, 0.3) is 0 Å². The van der Waals surface area contributed by atoms with E-state index in [2.05, 4.69) is 23.2 Å². The Morgan fingerprint density at radius 1 is 0.826 bits per heavy atom. The fourth-order valence-corrected chi connectivity index (χ4v) is 2.60. The molecule has 0 radical (unpaired) electrons. The lowest BCUT2D eigenvalue weighted by atomic mass is 10.0. The monoisotopic (exact) mass is 329 g/mol. The first-order valence-corrected chi connectivity index (χ1v) is 7.57. The number of aromatic nitrogens is 1. The highest BCUT2D eigenvalue weighted by atomic mass is 35.5. The van der Waals surface area contributed by atoms with Crippen LogP contribution in [0.25, 0.3) is 22.0 Å². The summed E-state index contributed by atoms with van der Waals surface area (Å²) in [6.07, 6.45) is 1.82. The zero-order valence-corrected chi connectivity index (χ0v) is 14.1. The maximum atomic E-state index is 5.84. The molecule has 0 saturated heterocycles. The fraction of sp³-hybridized carbons (Fsp3) is 0.211. The molecule has 3 rings (SSSR count). The zero-order chi connectivity index (χ0) is 15.4. The second-order valence-electron chi connectivity index (χ2n) is 4.88. The summed E-state index contributed by atoms with van der Waals surface area (Å²) in [5.41, 5.74) is 2.06. The van der Waals surface area contributed by atoms with E-state index in [4.69, 9.17) is 9.47 Å². The van der Waals surface area contributed by atoms with Gasteiger partial charge in [-0.25, -0.2) is 0 Å². The normalized spacial score (nSPS) is 10.2. The van der Waals surface area contributed by atoms with Gasteiger partial charge >= 0.3 is 0 Å². The first kappa shape index (κ1) is 17.1. The van der Waals surface area contributed by atoms with E-state index < -0.39 is 0 Å². The predicted molar refractivity (Wildman–Crippen MR) is 96.8 cm³/mol. The van der Waals surface area contributed by atoms with Crippen LogP contribution in [0.1, 0.15) is 13.8 Å². The molecular formula is C19H20ClNO2. The van der Waals surface area contributed by atoms with E-state index in [9.17, 15) is 0 Å². The van der Waals surface area contributed by atoms with Crippen molar-refractivity contribution in [3.63, 3.8) is 0 Å². The van der Waals surface area contributed by atoms with Crippen molar-refractivity contribution < 1.29 is 9.47 Å². The van der Waals surface area contributed by atoms with Gasteiger partial charge in [-0.1, -0.05) is 30.3 Å². The first-order chi connectivity index (χ1) is 10.8. The molecule has 0 spiro atoms. The summed E-state index contributed by atoms with van der Waals surface area (Å²) in [6, 6.07) is 16.2. The number of nitrogens with zero attached hydrogens (tertiary/aromatic N) is 1. The molecule has 1 aromatic heterocycles. The molecule has 4 heteroatoms. The largest absolute Gasteiger partial charge is 0.490 e. The lowest BCUT2D eigenvalue weighted by Gasteiger charge is -2.15. The van der Waals surface area contributed by atoms with E-state index in [1.807, 2.05) is 50.4 Å². The van der Waals surface area contributed by atoms with E-state index in [1.54, 1.807) is 0 Å². The van der Waals surface area contributed by atoms with Gasteiger partial charge in [-0.3, -0.25) is 4.98 Å². The highest BCUT2D eigenvalue weighted by Gasteiger charge is 2.13. The molecule has 2 aromatic carbocycles. The zero-order valence-electron chi connectivity index (χ0n) is 13.3. The van der Waals surface area contributed by atoms with Gasteiger partial charge < -0.3 is 9.47 Å². The second kappa shape index (κ2) is 7.84.